The molecule has 1 N–H and O–H groups in total. The predicted molar refractivity (Wildman–Crippen MR) is 140 cm³/mol. The van der Waals surface area contributed by atoms with Crippen molar-refractivity contribution in [3.8, 4) is 0 Å². The Morgan fingerprint density at radius 3 is 2.35 bits per heavy atom. The van der Waals surface area contributed by atoms with Crippen LogP contribution in [0.25, 0.3) is 21.0 Å². The molecule has 0 saturated carbocycles. The van der Waals surface area contributed by atoms with E-state index in [2.05, 4.69) is 24.1 Å². The lowest BCUT2D eigenvalue weighted by Gasteiger charge is -2.21. The van der Waals surface area contributed by atoms with Crippen LogP contribution in [-0.2, 0) is 10.0 Å². The van der Waals surface area contributed by atoms with E-state index in [1.807, 2.05) is 36.4 Å². The second-order valence-corrected chi connectivity index (χ2v) is 11.2. The number of benzene rings is 3. The highest BCUT2D eigenvalue weighted by molar-refractivity contribution is 7.89. The van der Waals surface area contributed by atoms with Gasteiger partial charge in [-0.25, -0.2) is 13.4 Å². The monoisotopic (exact) mass is 495 g/mol. The van der Waals surface area contributed by atoms with Crippen molar-refractivity contribution in [2.75, 3.05) is 18.4 Å². The Bertz CT molecular complexity index is 1410. The van der Waals surface area contributed by atoms with Crippen LogP contribution in [0.15, 0.2) is 65.6 Å². The fourth-order valence-corrected chi connectivity index (χ4v) is 6.31. The van der Waals surface area contributed by atoms with Crippen LogP contribution in [-0.4, -0.2) is 36.7 Å². The van der Waals surface area contributed by atoms with E-state index in [1.165, 1.54) is 11.3 Å². The van der Waals surface area contributed by atoms with Crippen molar-refractivity contribution in [2.24, 2.45) is 0 Å². The summed E-state index contributed by atoms with van der Waals surface area (Å²) in [6.45, 7) is 5.16. The predicted octanol–water partition coefficient (Wildman–Crippen LogP) is 6.29. The van der Waals surface area contributed by atoms with Crippen molar-refractivity contribution in [3.05, 3.63) is 66.2 Å². The summed E-state index contributed by atoms with van der Waals surface area (Å²) in [6, 6.07) is 18.4. The van der Waals surface area contributed by atoms with Gasteiger partial charge in [-0.1, -0.05) is 68.4 Å². The van der Waals surface area contributed by atoms with E-state index in [4.69, 9.17) is 0 Å². The van der Waals surface area contributed by atoms with E-state index in [0.29, 0.717) is 29.3 Å². The second kappa shape index (κ2) is 10.6. The number of hydrogen-bond acceptors (Lipinski definition) is 5. The second-order valence-electron chi connectivity index (χ2n) is 8.28. The molecular weight excluding hydrogens is 466 g/mol. The van der Waals surface area contributed by atoms with Crippen molar-refractivity contribution < 1.29 is 13.2 Å². The lowest BCUT2D eigenvalue weighted by atomic mass is 10.1. The summed E-state index contributed by atoms with van der Waals surface area (Å²) in [5.41, 5.74) is 1.20. The molecule has 4 rings (SSSR count). The van der Waals surface area contributed by atoms with Gasteiger partial charge in [-0.3, -0.25) is 10.1 Å². The minimum atomic E-state index is -3.59. The molecule has 0 atom stereocenters. The number of rotatable bonds is 10. The highest BCUT2D eigenvalue weighted by Gasteiger charge is 2.24. The van der Waals surface area contributed by atoms with Crippen LogP contribution in [0, 0.1) is 0 Å². The van der Waals surface area contributed by atoms with Crippen molar-refractivity contribution in [2.45, 2.75) is 44.4 Å². The molecule has 34 heavy (non-hydrogen) atoms. The van der Waals surface area contributed by atoms with Gasteiger partial charge in [0.2, 0.25) is 10.0 Å². The number of nitrogens with one attached hydrogen (secondary N) is 1. The number of unbranched alkanes of at least 4 members (excludes halogenated alkanes) is 2. The Hall–Kier alpha value is -2.81. The maximum Gasteiger partial charge on any atom is 0.257 e. The van der Waals surface area contributed by atoms with E-state index in [0.717, 1.165) is 41.2 Å². The summed E-state index contributed by atoms with van der Waals surface area (Å²) in [5, 5.41) is 5.36. The molecule has 6 nitrogen and oxygen atoms in total. The minimum Gasteiger partial charge on any atom is -0.298 e. The summed E-state index contributed by atoms with van der Waals surface area (Å²) >= 11 is 1.28. The smallest absolute Gasteiger partial charge is 0.257 e. The third kappa shape index (κ3) is 5.29. The Morgan fingerprint density at radius 1 is 0.941 bits per heavy atom. The van der Waals surface area contributed by atoms with Gasteiger partial charge in [0, 0.05) is 18.7 Å². The standard InChI is InChI=1S/C26H29N3O3S2/c1-3-5-15-29(16-6-4-2)34(31,32)22-13-14-23-24(18-22)33-26(27-23)28-25(30)21-12-11-19-9-7-8-10-20(19)17-21/h7-14,17-18H,3-6,15-16H2,1-2H3,(H,27,28,30). The van der Waals surface area contributed by atoms with Crippen molar-refractivity contribution >= 4 is 53.4 Å². The number of anilines is 1. The van der Waals surface area contributed by atoms with Crippen molar-refractivity contribution in [1.29, 1.82) is 0 Å². The summed E-state index contributed by atoms with van der Waals surface area (Å²) in [7, 11) is -3.59. The van der Waals surface area contributed by atoms with E-state index in [1.54, 1.807) is 28.6 Å². The summed E-state index contributed by atoms with van der Waals surface area (Å²) in [6.07, 6.45) is 3.53. The lowest BCUT2D eigenvalue weighted by Crippen LogP contribution is -2.33. The zero-order valence-electron chi connectivity index (χ0n) is 19.5. The molecule has 1 heterocycles. The number of aromatic nitrogens is 1. The highest BCUT2D eigenvalue weighted by Crippen LogP contribution is 2.30. The van der Waals surface area contributed by atoms with Crippen LogP contribution in [0.1, 0.15) is 49.9 Å². The van der Waals surface area contributed by atoms with Crippen LogP contribution in [0.4, 0.5) is 5.13 Å². The molecule has 0 bridgehead atoms. The van der Waals surface area contributed by atoms with Crippen LogP contribution >= 0.6 is 11.3 Å². The van der Waals surface area contributed by atoms with Crippen molar-refractivity contribution in [1.82, 2.24) is 9.29 Å². The lowest BCUT2D eigenvalue weighted by molar-refractivity contribution is 0.102. The van der Waals surface area contributed by atoms with Gasteiger partial charge in [-0.15, -0.1) is 0 Å². The topological polar surface area (TPSA) is 79.4 Å². The molecule has 0 radical (unpaired) electrons. The fraction of sp³-hybridized carbons (Fsp3) is 0.308. The Morgan fingerprint density at radius 2 is 1.65 bits per heavy atom. The average Bonchev–Trinajstić information content (AvgIpc) is 3.25. The summed E-state index contributed by atoms with van der Waals surface area (Å²) in [5.74, 6) is -0.247. The molecule has 1 amide bonds. The number of hydrogen-bond donors (Lipinski definition) is 1. The number of fused-ring (bicyclic) bond motifs is 2. The normalized spacial score (nSPS) is 12.0. The molecule has 3 aromatic carbocycles. The third-order valence-corrected chi connectivity index (χ3v) is 8.58. The number of amides is 1. The van der Waals surface area contributed by atoms with Gasteiger partial charge in [0.25, 0.3) is 5.91 Å². The summed E-state index contributed by atoms with van der Waals surface area (Å²) < 4.78 is 28.9. The van der Waals surface area contributed by atoms with Gasteiger partial charge in [-0.05, 0) is 53.9 Å². The zero-order chi connectivity index (χ0) is 24.1. The Labute approximate surface area is 204 Å². The molecule has 4 aromatic rings. The first-order chi connectivity index (χ1) is 16.4. The molecule has 0 fully saturated rings. The third-order valence-electron chi connectivity index (χ3n) is 5.75. The quantitative estimate of drug-likeness (QED) is 0.280. The van der Waals surface area contributed by atoms with E-state index in [-0.39, 0.29) is 10.8 Å². The van der Waals surface area contributed by atoms with Gasteiger partial charge in [0.1, 0.15) is 0 Å². The van der Waals surface area contributed by atoms with Crippen LogP contribution < -0.4 is 5.32 Å². The van der Waals surface area contributed by atoms with Crippen molar-refractivity contribution in [3.63, 3.8) is 0 Å². The van der Waals surface area contributed by atoms with Crippen LogP contribution in [0.2, 0.25) is 0 Å². The van der Waals surface area contributed by atoms with E-state index in [9.17, 15) is 13.2 Å². The first-order valence-corrected chi connectivity index (χ1v) is 13.9. The number of thiazole rings is 1. The molecule has 0 spiro atoms. The number of carbonyl (C=O) groups is 1. The first-order valence-electron chi connectivity index (χ1n) is 11.6. The highest BCUT2D eigenvalue weighted by atomic mass is 32.2. The van der Waals surface area contributed by atoms with Crippen LogP contribution in [0.5, 0.6) is 0 Å². The first kappa shape index (κ1) is 24.3. The minimum absolute atomic E-state index is 0.247. The van der Waals surface area contributed by atoms with E-state index < -0.39 is 10.0 Å². The van der Waals surface area contributed by atoms with Gasteiger partial charge < -0.3 is 0 Å². The van der Waals surface area contributed by atoms with Crippen LogP contribution in [0.3, 0.4) is 0 Å². The van der Waals surface area contributed by atoms with Gasteiger partial charge in [0.05, 0.1) is 15.1 Å². The molecule has 1 aromatic heterocycles. The maximum atomic E-state index is 13.3. The molecular formula is C26H29N3O3S2. The number of sulfonamides is 1. The molecule has 0 saturated heterocycles. The molecule has 0 aliphatic rings. The molecule has 178 valence electrons. The number of nitrogens with zero attached hydrogens (tertiary/aromatic N) is 2. The number of carbonyl (C=O) groups excluding carboxylic acids is 1. The zero-order valence-corrected chi connectivity index (χ0v) is 21.1. The van der Waals surface area contributed by atoms with E-state index >= 15 is 0 Å². The van der Waals surface area contributed by atoms with Gasteiger partial charge >= 0.3 is 0 Å². The largest absolute Gasteiger partial charge is 0.298 e. The summed E-state index contributed by atoms with van der Waals surface area (Å²) in [4.78, 5) is 17.6. The molecule has 8 heteroatoms. The fourth-order valence-electron chi connectivity index (χ4n) is 3.79. The SMILES string of the molecule is CCCCN(CCCC)S(=O)(=O)c1ccc2nc(NC(=O)c3ccc4ccccc4c3)sc2c1. The molecule has 0 aliphatic carbocycles. The van der Waals surface area contributed by atoms with Gasteiger partial charge in [0.15, 0.2) is 5.13 Å². The maximum absolute atomic E-state index is 13.3. The average molecular weight is 496 g/mol. The molecule has 0 unspecified atom stereocenters. The Kier molecular flexibility index (Phi) is 7.60. The Balaban J connectivity index is 1.56. The molecule has 0 aliphatic heterocycles. The van der Waals surface area contributed by atoms with Gasteiger partial charge in [-0.2, -0.15) is 4.31 Å².